The van der Waals surface area contributed by atoms with Crippen LogP contribution in [-0.4, -0.2) is 30.2 Å². The van der Waals surface area contributed by atoms with Crippen molar-refractivity contribution in [2.45, 2.75) is 32.3 Å². The van der Waals surface area contributed by atoms with Crippen molar-refractivity contribution in [1.82, 2.24) is 9.97 Å². The summed E-state index contributed by atoms with van der Waals surface area (Å²) >= 11 is 6.09. The van der Waals surface area contributed by atoms with E-state index in [0.29, 0.717) is 17.6 Å². The average Bonchev–Trinajstić information content (AvgIpc) is 2.38. The number of hydrogen-bond acceptors (Lipinski definition) is 4. The van der Waals surface area contributed by atoms with E-state index >= 15 is 0 Å². The molecule has 0 aromatic carbocycles. The Balaban J connectivity index is 1.81. The van der Waals surface area contributed by atoms with Crippen molar-refractivity contribution in [3.63, 3.8) is 0 Å². The third-order valence-corrected chi connectivity index (χ3v) is 4.37. The number of aromatic nitrogens is 2. The van der Waals surface area contributed by atoms with Gasteiger partial charge in [0.05, 0.1) is 0 Å². The van der Waals surface area contributed by atoms with Gasteiger partial charge in [0.1, 0.15) is 17.6 Å². The molecule has 1 aliphatic heterocycles. The molecule has 3 rings (SSSR count). The fourth-order valence-corrected chi connectivity index (χ4v) is 3.62. The summed E-state index contributed by atoms with van der Waals surface area (Å²) in [5.41, 5.74) is 0. The van der Waals surface area contributed by atoms with Crippen LogP contribution in [0.3, 0.4) is 0 Å². The van der Waals surface area contributed by atoms with Crippen molar-refractivity contribution in [1.29, 1.82) is 0 Å². The number of methoxy groups -OCH3 is 1. The Hall–Kier alpha value is -0.870. The Morgan fingerprint density at radius 3 is 2.74 bits per heavy atom. The molecule has 1 saturated heterocycles. The fraction of sp³-hybridized carbons (Fsp3) is 0.714. The molecule has 0 amide bonds. The van der Waals surface area contributed by atoms with Gasteiger partial charge in [0, 0.05) is 26.3 Å². The zero-order valence-electron chi connectivity index (χ0n) is 11.3. The normalized spacial score (nSPS) is 26.5. The van der Waals surface area contributed by atoms with Gasteiger partial charge < -0.3 is 9.64 Å². The maximum Gasteiger partial charge on any atom is 0.158 e. The van der Waals surface area contributed by atoms with E-state index in [1.807, 2.05) is 6.07 Å². The molecular weight excluding hydrogens is 262 g/mol. The first-order chi connectivity index (χ1) is 9.24. The predicted molar refractivity (Wildman–Crippen MR) is 75.4 cm³/mol. The topological polar surface area (TPSA) is 38.2 Å². The van der Waals surface area contributed by atoms with E-state index in [1.54, 1.807) is 7.11 Å². The zero-order chi connectivity index (χ0) is 13.2. The largest absolute Gasteiger partial charge is 0.377 e. The molecule has 0 radical (unpaired) electrons. The lowest BCUT2D eigenvalue weighted by atomic mass is 9.78. The summed E-state index contributed by atoms with van der Waals surface area (Å²) in [7, 11) is 1.65. The second-order valence-electron chi connectivity index (χ2n) is 5.70. The van der Waals surface area contributed by atoms with Crippen LogP contribution in [0, 0.1) is 11.8 Å². The molecule has 2 bridgehead atoms. The van der Waals surface area contributed by atoms with Crippen LogP contribution in [-0.2, 0) is 11.3 Å². The monoisotopic (exact) mass is 281 g/mol. The number of fused-ring (bicyclic) bond motifs is 2. The summed E-state index contributed by atoms with van der Waals surface area (Å²) in [5.74, 6) is 3.28. The number of nitrogens with zero attached hydrogens (tertiary/aromatic N) is 3. The highest BCUT2D eigenvalue weighted by Crippen LogP contribution is 2.36. The first-order valence-corrected chi connectivity index (χ1v) is 7.39. The lowest BCUT2D eigenvalue weighted by Gasteiger charge is -2.42. The van der Waals surface area contributed by atoms with Crippen LogP contribution in [0.5, 0.6) is 0 Å². The minimum absolute atomic E-state index is 0.411. The number of halogens is 1. The molecule has 2 heterocycles. The van der Waals surface area contributed by atoms with Gasteiger partial charge in [-0.1, -0.05) is 18.0 Å². The Morgan fingerprint density at radius 1 is 1.32 bits per heavy atom. The standard InChI is InChI=1S/C14H20ClN3O/c1-19-9-13-16-12(15)6-14(17-13)18-7-10-3-2-4-11(5-10)8-18/h6,10-11H,2-5,7-9H2,1H3. The highest BCUT2D eigenvalue weighted by atomic mass is 35.5. The number of ether oxygens (including phenoxy) is 1. The molecule has 2 fully saturated rings. The van der Waals surface area contributed by atoms with E-state index < -0.39 is 0 Å². The number of piperidine rings is 1. The van der Waals surface area contributed by atoms with Crippen molar-refractivity contribution in [3.8, 4) is 0 Å². The Bertz CT molecular complexity index is 442. The summed E-state index contributed by atoms with van der Waals surface area (Å²) in [6, 6.07) is 1.88. The molecule has 0 spiro atoms. The van der Waals surface area contributed by atoms with Crippen LogP contribution in [0.15, 0.2) is 6.07 Å². The molecule has 19 heavy (non-hydrogen) atoms. The summed E-state index contributed by atoms with van der Waals surface area (Å²) in [5, 5.41) is 0.507. The number of hydrogen-bond donors (Lipinski definition) is 0. The van der Waals surface area contributed by atoms with Gasteiger partial charge in [-0.15, -0.1) is 0 Å². The average molecular weight is 282 g/mol. The van der Waals surface area contributed by atoms with Crippen LogP contribution >= 0.6 is 11.6 Å². The highest BCUT2D eigenvalue weighted by molar-refractivity contribution is 6.29. The summed E-state index contributed by atoms with van der Waals surface area (Å²) in [4.78, 5) is 11.2. The van der Waals surface area contributed by atoms with Crippen LogP contribution in [0.4, 0.5) is 5.82 Å². The molecule has 0 N–H and O–H groups in total. The molecule has 1 aliphatic carbocycles. The van der Waals surface area contributed by atoms with Gasteiger partial charge in [-0.25, -0.2) is 9.97 Å². The minimum atomic E-state index is 0.411. The van der Waals surface area contributed by atoms with E-state index in [2.05, 4.69) is 14.9 Å². The Kier molecular flexibility index (Phi) is 3.89. The summed E-state index contributed by atoms with van der Waals surface area (Å²) < 4.78 is 5.10. The first-order valence-electron chi connectivity index (χ1n) is 7.02. The van der Waals surface area contributed by atoms with Gasteiger partial charge in [0.15, 0.2) is 5.82 Å². The van der Waals surface area contributed by atoms with E-state index in [1.165, 1.54) is 25.7 Å². The second-order valence-corrected chi connectivity index (χ2v) is 6.09. The first kappa shape index (κ1) is 13.1. The molecule has 5 heteroatoms. The van der Waals surface area contributed by atoms with Gasteiger partial charge in [-0.3, -0.25) is 0 Å². The molecule has 4 nitrogen and oxygen atoms in total. The van der Waals surface area contributed by atoms with Crippen molar-refractivity contribution < 1.29 is 4.74 Å². The lowest BCUT2D eigenvalue weighted by molar-refractivity contribution is 0.177. The molecular formula is C14H20ClN3O. The summed E-state index contributed by atoms with van der Waals surface area (Å²) in [6.07, 6.45) is 5.50. The van der Waals surface area contributed by atoms with Crippen molar-refractivity contribution in [2.75, 3.05) is 25.1 Å². The highest BCUT2D eigenvalue weighted by Gasteiger charge is 2.31. The number of rotatable bonds is 3. The van der Waals surface area contributed by atoms with Crippen LogP contribution < -0.4 is 4.90 Å². The lowest BCUT2D eigenvalue weighted by Crippen LogP contribution is -2.43. The molecule has 1 saturated carbocycles. The van der Waals surface area contributed by atoms with Crippen molar-refractivity contribution >= 4 is 17.4 Å². The predicted octanol–water partition coefficient (Wildman–Crippen LogP) is 2.90. The molecule has 104 valence electrons. The fourth-order valence-electron chi connectivity index (χ4n) is 3.43. The molecule has 2 atom stereocenters. The van der Waals surface area contributed by atoms with Crippen molar-refractivity contribution in [3.05, 3.63) is 17.0 Å². The summed E-state index contributed by atoms with van der Waals surface area (Å²) in [6.45, 7) is 2.63. The minimum Gasteiger partial charge on any atom is -0.377 e. The van der Waals surface area contributed by atoms with E-state index in [0.717, 1.165) is 30.7 Å². The zero-order valence-corrected chi connectivity index (χ0v) is 12.1. The van der Waals surface area contributed by atoms with Gasteiger partial charge in [0.2, 0.25) is 0 Å². The van der Waals surface area contributed by atoms with E-state index in [9.17, 15) is 0 Å². The van der Waals surface area contributed by atoms with Crippen LogP contribution in [0.2, 0.25) is 5.15 Å². The van der Waals surface area contributed by atoms with Crippen molar-refractivity contribution in [2.24, 2.45) is 11.8 Å². The molecule has 1 aromatic rings. The third-order valence-electron chi connectivity index (χ3n) is 4.17. The molecule has 1 aromatic heterocycles. The Labute approximate surface area is 119 Å². The van der Waals surface area contributed by atoms with Gasteiger partial charge in [-0.2, -0.15) is 0 Å². The van der Waals surface area contributed by atoms with Gasteiger partial charge in [-0.05, 0) is 31.1 Å². The molecule has 2 unspecified atom stereocenters. The van der Waals surface area contributed by atoms with E-state index in [-0.39, 0.29) is 0 Å². The van der Waals surface area contributed by atoms with Crippen LogP contribution in [0.25, 0.3) is 0 Å². The van der Waals surface area contributed by atoms with Gasteiger partial charge >= 0.3 is 0 Å². The van der Waals surface area contributed by atoms with E-state index in [4.69, 9.17) is 16.3 Å². The molecule has 2 aliphatic rings. The quantitative estimate of drug-likeness (QED) is 0.799. The second kappa shape index (κ2) is 5.63. The SMILES string of the molecule is COCc1nc(Cl)cc(N2CC3CCCC(C3)C2)n1. The van der Waals surface area contributed by atoms with Gasteiger partial charge in [0.25, 0.3) is 0 Å². The van der Waals surface area contributed by atoms with Crippen LogP contribution in [0.1, 0.15) is 31.5 Å². The Morgan fingerprint density at radius 2 is 2.05 bits per heavy atom. The third kappa shape index (κ3) is 3.00. The maximum atomic E-state index is 6.09. The number of anilines is 1. The maximum absolute atomic E-state index is 6.09. The smallest absolute Gasteiger partial charge is 0.158 e.